The number of nitrogens with zero attached hydrogens (tertiary/aromatic N) is 1. The van der Waals surface area contributed by atoms with Gasteiger partial charge < -0.3 is 10.6 Å². The molecule has 104 valence electrons. The first-order chi connectivity index (χ1) is 8.68. The standard InChI is InChI=1S/C14H27N3O/c1-11(2)13(17-7-3-4-8-17)10-16-14(18)12-5-6-15-9-12/h11-13,15H,3-10H2,1-2H3,(H,16,18). The molecule has 0 spiro atoms. The van der Waals surface area contributed by atoms with Crippen molar-refractivity contribution in [1.82, 2.24) is 15.5 Å². The van der Waals surface area contributed by atoms with E-state index in [1.165, 1.54) is 25.9 Å². The van der Waals surface area contributed by atoms with Crippen LogP contribution in [0, 0.1) is 11.8 Å². The molecular formula is C14H27N3O. The number of likely N-dealkylation sites (tertiary alicyclic amines) is 1. The Morgan fingerprint density at radius 2 is 2.11 bits per heavy atom. The van der Waals surface area contributed by atoms with Crippen LogP contribution in [0.3, 0.4) is 0 Å². The molecule has 4 nitrogen and oxygen atoms in total. The van der Waals surface area contributed by atoms with Gasteiger partial charge in [-0.05, 0) is 44.8 Å². The van der Waals surface area contributed by atoms with Crippen molar-refractivity contribution in [2.45, 2.75) is 39.2 Å². The van der Waals surface area contributed by atoms with Gasteiger partial charge in [-0.3, -0.25) is 9.69 Å². The average Bonchev–Trinajstić information content (AvgIpc) is 3.01. The molecule has 2 aliphatic heterocycles. The summed E-state index contributed by atoms with van der Waals surface area (Å²) < 4.78 is 0. The molecule has 0 aliphatic carbocycles. The van der Waals surface area contributed by atoms with E-state index in [4.69, 9.17) is 0 Å². The third kappa shape index (κ3) is 3.45. The number of rotatable bonds is 5. The molecule has 0 aromatic carbocycles. The van der Waals surface area contributed by atoms with E-state index in [2.05, 4.69) is 29.4 Å². The third-order valence-corrected chi connectivity index (χ3v) is 4.30. The monoisotopic (exact) mass is 253 g/mol. The summed E-state index contributed by atoms with van der Waals surface area (Å²) in [5.41, 5.74) is 0. The molecule has 2 heterocycles. The first-order valence-electron chi connectivity index (χ1n) is 7.41. The van der Waals surface area contributed by atoms with Crippen molar-refractivity contribution in [3.63, 3.8) is 0 Å². The molecule has 2 saturated heterocycles. The van der Waals surface area contributed by atoms with Crippen molar-refractivity contribution in [3.8, 4) is 0 Å². The first kappa shape index (κ1) is 13.8. The fourth-order valence-corrected chi connectivity index (χ4v) is 3.09. The number of amides is 1. The highest BCUT2D eigenvalue weighted by atomic mass is 16.1. The summed E-state index contributed by atoms with van der Waals surface area (Å²) in [6.45, 7) is 9.55. The highest BCUT2D eigenvalue weighted by molar-refractivity contribution is 5.79. The molecule has 0 aromatic heterocycles. The zero-order chi connectivity index (χ0) is 13.0. The summed E-state index contributed by atoms with van der Waals surface area (Å²) in [5, 5.41) is 6.41. The molecule has 2 fully saturated rings. The van der Waals surface area contributed by atoms with Gasteiger partial charge in [-0.25, -0.2) is 0 Å². The van der Waals surface area contributed by atoms with E-state index < -0.39 is 0 Å². The van der Waals surface area contributed by atoms with Gasteiger partial charge in [-0.1, -0.05) is 13.8 Å². The lowest BCUT2D eigenvalue weighted by molar-refractivity contribution is -0.124. The fraction of sp³-hybridized carbons (Fsp3) is 0.929. The number of hydrogen-bond donors (Lipinski definition) is 2. The first-order valence-corrected chi connectivity index (χ1v) is 7.41. The number of nitrogens with one attached hydrogen (secondary N) is 2. The number of carbonyl (C=O) groups is 1. The predicted molar refractivity (Wildman–Crippen MR) is 73.4 cm³/mol. The van der Waals surface area contributed by atoms with Crippen LogP contribution in [-0.2, 0) is 4.79 Å². The maximum Gasteiger partial charge on any atom is 0.224 e. The van der Waals surface area contributed by atoms with E-state index >= 15 is 0 Å². The molecule has 1 amide bonds. The zero-order valence-corrected chi connectivity index (χ0v) is 11.7. The van der Waals surface area contributed by atoms with E-state index in [1.807, 2.05) is 0 Å². The van der Waals surface area contributed by atoms with Crippen LogP contribution in [0.5, 0.6) is 0 Å². The molecule has 2 unspecified atom stereocenters. The number of carbonyl (C=O) groups excluding carboxylic acids is 1. The van der Waals surface area contributed by atoms with Crippen LogP contribution in [0.25, 0.3) is 0 Å². The van der Waals surface area contributed by atoms with Crippen molar-refractivity contribution in [2.75, 3.05) is 32.7 Å². The Morgan fingerprint density at radius 3 is 2.67 bits per heavy atom. The van der Waals surface area contributed by atoms with Crippen LogP contribution in [-0.4, -0.2) is 49.6 Å². The quantitative estimate of drug-likeness (QED) is 0.763. The smallest absolute Gasteiger partial charge is 0.224 e. The molecule has 2 atom stereocenters. The molecular weight excluding hydrogens is 226 g/mol. The van der Waals surface area contributed by atoms with Crippen LogP contribution < -0.4 is 10.6 Å². The maximum absolute atomic E-state index is 12.0. The van der Waals surface area contributed by atoms with Crippen LogP contribution >= 0.6 is 0 Å². The van der Waals surface area contributed by atoms with E-state index in [-0.39, 0.29) is 11.8 Å². The Bertz CT molecular complexity index is 268. The lowest BCUT2D eigenvalue weighted by atomic mass is 10.0. The topological polar surface area (TPSA) is 44.4 Å². The summed E-state index contributed by atoms with van der Waals surface area (Å²) in [4.78, 5) is 14.6. The summed E-state index contributed by atoms with van der Waals surface area (Å²) in [5.74, 6) is 1.03. The maximum atomic E-state index is 12.0. The minimum atomic E-state index is 0.191. The Morgan fingerprint density at radius 1 is 1.39 bits per heavy atom. The van der Waals surface area contributed by atoms with Crippen LogP contribution in [0.1, 0.15) is 33.1 Å². The van der Waals surface area contributed by atoms with Gasteiger partial charge in [-0.15, -0.1) is 0 Å². The van der Waals surface area contributed by atoms with Gasteiger partial charge in [0.05, 0.1) is 5.92 Å². The SMILES string of the molecule is CC(C)C(CNC(=O)C1CCNC1)N1CCCC1. The second-order valence-electron chi connectivity index (χ2n) is 5.99. The fourth-order valence-electron chi connectivity index (χ4n) is 3.09. The molecule has 0 radical (unpaired) electrons. The highest BCUT2D eigenvalue weighted by Crippen LogP contribution is 2.17. The van der Waals surface area contributed by atoms with Crippen LogP contribution in [0.2, 0.25) is 0 Å². The van der Waals surface area contributed by atoms with E-state index in [1.54, 1.807) is 0 Å². The third-order valence-electron chi connectivity index (χ3n) is 4.30. The molecule has 2 N–H and O–H groups in total. The molecule has 0 aromatic rings. The van der Waals surface area contributed by atoms with Crippen molar-refractivity contribution >= 4 is 5.91 Å². The van der Waals surface area contributed by atoms with Gasteiger partial charge in [0.1, 0.15) is 0 Å². The Hall–Kier alpha value is -0.610. The van der Waals surface area contributed by atoms with Gasteiger partial charge in [-0.2, -0.15) is 0 Å². The van der Waals surface area contributed by atoms with E-state index in [0.717, 1.165) is 26.1 Å². The molecule has 18 heavy (non-hydrogen) atoms. The minimum Gasteiger partial charge on any atom is -0.354 e. The minimum absolute atomic E-state index is 0.191. The van der Waals surface area contributed by atoms with Gasteiger partial charge in [0.25, 0.3) is 0 Å². The largest absolute Gasteiger partial charge is 0.354 e. The Kier molecular flexibility index (Phi) is 5.01. The second-order valence-corrected chi connectivity index (χ2v) is 5.99. The molecule has 2 rings (SSSR count). The summed E-state index contributed by atoms with van der Waals surface area (Å²) >= 11 is 0. The Labute approximate surface area is 110 Å². The van der Waals surface area contributed by atoms with Crippen LogP contribution in [0.15, 0.2) is 0 Å². The molecule has 4 heteroatoms. The molecule has 0 saturated carbocycles. The Balaban J connectivity index is 1.79. The highest BCUT2D eigenvalue weighted by Gasteiger charge is 2.27. The molecule has 0 bridgehead atoms. The normalized spacial score (nSPS) is 26.7. The number of hydrogen-bond acceptors (Lipinski definition) is 3. The van der Waals surface area contributed by atoms with E-state index in [0.29, 0.717) is 12.0 Å². The van der Waals surface area contributed by atoms with Crippen LogP contribution in [0.4, 0.5) is 0 Å². The van der Waals surface area contributed by atoms with E-state index in [9.17, 15) is 4.79 Å². The van der Waals surface area contributed by atoms with Crippen molar-refractivity contribution in [3.05, 3.63) is 0 Å². The van der Waals surface area contributed by atoms with Crippen molar-refractivity contribution in [2.24, 2.45) is 11.8 Å². The zero-order valence-electron chi connectivity index (χ0n) is 11.7. The van der Waals surface area contributed by atoms with Gasteiger partial charge in [0.2, 0.25) is 5.91 Å². The molecule has 2 aliphatic rings. The lowest BCUT2D eigenvalue weighted by Gasteiger charge is -2.31. The average molecular weight is 253 g/mol. The predicted octanol–water partition coefficient (Wildman–Crippen LogP) is 0.833. The summed E-state index contributed by atoms with van der Waals surface area (Å²) in [6, 6.07) is 0.505. The van der Waals surface area contributed by atoms with Gasteiger partial charge >= 0.3 is 0 Å². The van der Waals surface area contributed by atoms with Crippen molar-refractivity contribution < 1.29 is 4.79 Å². The van der Waals surface area contributed by atoms with Crippen molar-refractivity contribution in [1.29, 1.82) is 0 Å². The lowest BCUT2D eigenvalue weighted by Crippen LogP contribution is -2.47. The summed E-state index contributed by atoms with van der Waals surface area (Å²) in [7, 11) is 0. The summed E-state index contributed by atoms with van der Waals surface area (Å²) in [6.07, 6.45) is 3.61. The second kappa shape index (κ2) is 6.53. The van der Waals surface area contributed by atoms with Gasteiger partial charge in [0, 0.05) is 19.1 Å². The van der Waals surface area contributed by atoms with Gasteiger partial charge in [0.15, 0.2) is 0 Å².